The van der Waals surface area contributed by atoms with Crippen LogP contribution in [0.15, 0.2) is 6.07 Å². The van der Waals surface area contributed by atoms with Crippen LogP contribution in [0.4, 0.5) is 4.79 Å². The highest BCUT2D eigenvalue weighted by atomic mass is 16.6. The van der Waals surface area contributed by atoms with Gasteiger partial charge in [-0.3, -0.25) is 14.4 Å². The summed E-state index contributed by atoms with van der Waals surface area (Å²) in [7, 11) is 0. The van der Waals surface area contributed by atoms with Crippen molar-refractivity contribution in [2.45, 2.75) is 66.3 Å². The molecule has 0 saturated heterocycles. The summed E-state index contributed by atoms with van der Waals surface area (Å²) >= 11 is 0. The van der Waals surface area contributed by atoms with Crippen LogP contribution >= 0.6 is 0 Å². The van der Waals surface area contributed by atoms with Crippen LogP contribution in [0, 0.1) is 0 Å². The average Bonchev–Trinajstić information content (AvgIpc) is 2.74. The van der Waals surface area contributed by atoms with Crippen molar-refractivity contribution in [3.63, 3.8) is 0 Å². The van der Waals surface area contributed by atoms with E-state index in [1.54, 1.807) is 11.0 Å². The molecule has 0 aliphatic carbocycles. The predicted molar refractivity (Wildman–Crippen MR) is 80.3 cm³/mol. The Morgan fingerprint density at radius 2 is 2.00 bits per heavy atom. The van der Waals surface area contributed by atoms with Gasteiger partial charge in [-0.2, -0.15) is 5.10 Å². The van der Waals surface area contributed by atoms with Crippen molar-refractivity contribution in [1.82, 2.24) is 14.7 Å². The van der Waals surface area contributed by atoms with Crippen LogP contribution in [-0.4, -0.2) is 38.7 Å². The molecule has 2 atom stereocenters. The number of carbonyl (C=O) groups is 2. The van der Waals surface area contributed by atoms with E-state index < -0.39 is 5.60 Å². The Labute approximate surface area is 126 Å². The molecule has 1 aliphatic rings. The van der Waals surface area contributed by atoms with Crippen LogP contribution in [0.5, 0.6) is 0 Å². The largest absolute Gasteiger partial charge is 0.444 e. The molecule has 0 radical (unpaired) electrons. The molecular weight excluding hydrogens is 270 g/mol. The third kappa shape index (κ3) is 3.43. The number of hydrogen-bond acceptors (Lipinski definition) is 4. The fourth-order valence-electron chi connectivity index (χ4n) is 2.32. The highest BCUT2D eigenvalue weighted by molar-refractivity contribution is 5.72. The zero-order valence-corrected chi connectivity index (χ0v) is 12.6. The van der Waals surface area contributed by atoms with E-state index in [9.17, 15) is 9.59 Å². The Morgan fingerprint density at radius 3 is 2.52 bits per heavy atom. The zero-order valence-electron chi connectivity index (χ0n) is 12.6. The summed E-state index contributed by atoms with van der Waals surface area (Å²) in [6, 6.07) is 1.67. The van der Waals surface area contributed by atoms with E-state index in [4.69, 9.17) is 4.74 Å². The van der Waals surface area contributed by atoms with Crippen LogP contribution in [0.25, 0.3) is 0 Å². The molecule has 0 aromatic carbocycles. The average molecular weight is 295 g/mol. The monoisotopic (exact) mass is 295 g/mol. The smallest absolute Gasteiger partial charge is 0.410 e. The fourth-order valence-corrected chi connectivity index (χ4v) is 2.32. The van der Waals surface area contributed by atoms with Gasteiger partial charge in [-0.25, -0.2) is 4.79 Å². The summed E-state index contributed by atoms with van der Waals surface area (Å²) < 4.78 is 7.25. The number of fused-ring (bicyclic) bond motifs is 1. The zero-order chi connectivity index (χ0) is 15.1. The number of ether oxygens (including phenoxy) is 1. The van der Waals surface area contributed by atoms with Crippen molar-refractivity contribution in [2.75, 3.05) is 0 Å². The van der Waals surface area contributed by atoms with Gasteiger partial charge in [-0.1, -0.05) is 7.43 Å². The van der Waals surface area contributed by atoms with Crippen LogP contribution in [-0.2, 0) is 11.3 Å². The molecule has 2 unspecified atom stereocenters. The Kier molecular flexibility index (Phi) is 4.81. The van der Waals surface area contributed by atoms with Gasteiger partial charge in [-0.05, 0) is 40.7 Å². The van der Waals surface area contributed by atoms with Crippen LogP contribution in [0.2, 0.25) is 0 Å². The molecule has 0 spiro atoms. The lowest BCUT2D eigenvalue weighted by Crippen LogP contribution is -2.48. The Balaban J connectivity index is 0.00000220. The third-order valence-electron chi connectivity index (χ3n) is 3.49. The van der Waals surface area contributed by atoms with Gasteiger partial charge in [0.2, 0.25) is 0 Å². The van der Waals surface area contributed by atoms with Gasteiger partial charge in [0.05, 0.1) is 24.3 Å². The molecule has 0 fully saturated rings. The molecule has 0 saturated carbocycles. The summed E-state index contributed by atoms with van der Waals surface area (Å²) in [5.74, 6) is 0. The highest BCUT2D eigenvalue weighted by Crippen LogP contribution is 2.28. The lowest BCUT2D eigenvalue weighted by Gasteiger charge is -2.39. The summed E-state index contributed by atoms with van der Waals surface area (Å²) in [5.41, 5.74) is 0.722. The van der Waals surface area contributed by atoms with Gasteiger partial charge < -0.3 is 4.74 Å². The quantitative estimate of drug-likeness (QED) is 0.747. The second-order valence-corrected chi connectivity index (χ2v) is 6.21. The molecule has 21 heavy (non-hydrogen) atoms. The maximum Gasteiger partial charge on any atom is 0.410 e. The number of aromatic nitrogens is 2. The Hall–Kier alpha value is -1.85. The Morgan fingerprint density at radius 1 is 1.38 bits per heavy atom. The molecular formula is C15H25N3O3. The van der Waals surface area contributed by atoms with Crippen LogP contribution in [0.3, 0.4) is 0 Å². The maximum atomic E-state index is 12.3. The van der Waals surface area contributed by atoms with Crippen molar-refractivity contribution >= 4 is 12.4 Å². The number of carbonyl (C=O) groups excluding carboxylic acids is 2. The summed E-state index contributed by atoms with van der Waals surface area (Å²) in [5, 5.41) is 4.24. The summed E-state index contributed by atoms with van der Waals surface area (Å²) in [6.45, 7) is 9.88. The third-order valence-corrected chi connectivity index (χ3v) is 3.49. The fraction of sp³-hybridized carbons (Fsp3) is 0.667. The molecule has 1 aromatic heterocycles. The minimum atomic E-state index is -0.522. The van der Waals surface area contributed by atoms with Crippen molar-refractivity contribution in [3.05, 3.63) is 17.5 Å². The van der Waals surface area contributed by atoms with Gasteiger partial charge in [0.25, 0.3) is 0 Å². The standard InChI is InChI=1S/C14H21N3O3.CH4/c1-9-10(2)17-12(6-11(8-18)15-17)7-16(9)13(19)20-14(3,4)5;/h6,8-10H,7H2,1-5H3;1H4. The first-order valence-corrected chi connectivity index (χ1v) is 6.76. The van der Waals surface area contributed by atoms with E-state index in [0.717, 1.165) is 12.0 Å². The minimum Gasteiger partial charge on any atom is -0.444 e. The van der Waals surface area contributed by atoms with Crippen LogP contribution < -0.4 is 0 Å². The van der Waals surface area contributed by atoms with Gasteiger partial charge in [0.1, 0.15) is 11.3 Å². The first kappa shape index (κ1) is 17.2. The SMILES string of the molecule is C.CC1C(C)n2nc(C=O)cc2CN1C(=O)OC(C)(C)C. The number of nitrogens with zero attached hydrogens (tertiary/aromatic N) is 3. The van der Waals surface area contributed by atoms with E-state index in [1.165, 1.54) is 0 Å². The minimum absolute atomic E-state index is 0. The van der Waals surface area contributed by atoms with E-state index in [2.05, 4.69) is 5.10 Å². The molecule has 2 heterocycles. The maximum absolute atomic E-state index is 12.3. The first-order valence-electron chi connectivity index (χ1n) is 6.76. The molecule has 2 rings (SSSR count). The highest BCUT2D eigenvalue weighted by Gasteiger charge is 2.35. The molecule has 1 aliphatic heterocycles. The lowest BCUT2D eigenvalue weighted by molar-refractivity contribution is 0.00407. The molecule has 118 valence electrons. The van der Waals surface area contributed by atoms with Gasteiger partial charge in [0.15, 0.2) is 6.29 Å². The van der Waals surface area contributed by atoms with Crippen LogP contribution in [0.1, 0.15) is 64.3 Å². The molecule has 1 amide bonds. The molecule has 6 heteroatoms. The second kappa shape index (κ2) is 5.87. The van der Waals surface area contributed by atoms with E-state index >= 15 is 0 Å². The van der Waals surface area contributed by atoms with Gasteiger partial charge >= 0.3 is 6.09 Å². The van der Waals surface area contributed by atoms with Crippen molar-refractivity contribution in [2.24, 2.45) is 0 Å². The Bertz CT molecular complexity index is 531. The number of amides is 1. The number of rotatable bonds is 1. The molecule has 0 bridgehead atoms. The first-order chi connectivity index (χ1) is 9.23. The van der Waals surface area contributed by atoms with E-state index in [0.29, 0.717) is 12.2 Å². The van der Waals surface area contributed by atoms with E-state index in [1.807, 2.05) is 39.3 Å². The predicted octanol–water partition coefficient (Wildman–Crippen LogP) is 3.03. The normalized spacial score (nSPS) is 21.3. The number of aldehydes is 1. The molecule has 0 N–H and O–H groups in total. The summed E-state index contributed by atoms with van der Waals surface area (Å²) in [4.78, 5) is 24.8. The molecule has 6 nitrogen and oxygen atoms in total. The van der Waals surface area contributed by atoms with Crippen molar-refractivity contribution in [3.8, 4) is 0 Å². The van der Waals surface area contributed by atoms with Gasteiger partial charge in [0, 0.05) is 0 Å². The summed E-state index contributed by atoms with van der Waals surface area (Å²) in [6.07, 6.45) is 0.387. The van der Waals surface area contributed by atoms with Crippen molar-refractivity contribution < 1.29 is 14.3 Å². The second-order valence-electron chi connectivity index (χ2n) is 6.21. The van der Waals surface area contributed by atoms with E-state index in [-0.39, 0.29) is 25.6 Å². The molecule has 1 aromatic rings. The van der Waals surface area contributed by atoms with Crippen molar-refractivity contribution in [1.29, 1.82) is 0 Å². The topological polar surface area (TPSA) is 64.4 Å². The lowest BCUT2D eigenvalue weighted by atomic mass is 10.1. The van der Waals surface area contributed by atoms with Gasteiger partial charge in [-0.15, -0.1) is 0 Å². The number of hydrogen-bond donors (Lipinski definition) is 0.